The van der Waals surface area contributed by atoms with Crippen molar-refractivity contribution in [1.82, 2.24) is 10.1 Å². The maximum atomic E-state index is 5.99. The summed E-state index contributed by atoms with van der Waals surface area (Å²) in [5.74, 6) is 1.45. The first-order chi connectivity index (χ1) is 9.25. The van der Waals surface area contributed by atoms with Crippen molar-refractivity contribution in [1.29, 1.82) is 0 Å². The van der Waals surface area contributed by atoms with Crippen LogP contribution < -0.4 is 5.73 Å². The van der Waals surface area contributed by atoms with Gasteiger partial charge in [-0.1, -0.05) is 17.3 Å². The SMILES string of the molecule is Cc1cccc(N)c1-c1nc(C2CCCOC2)no1. The quantitative estimate of drug-likeness (QED) is 0.839. The molecule has 1 aromatic carbocycles. The van der Waals surface area contributed by atoms with Crippen LogP contribution in [0.15, 0.2) is 22.7 Å². The Morgan fingerprint density at radius 3 is 3.00 bits per heavy atom. The van der Waals surface area contributed by atoms with Gasteiger partial charge in [-0.2, -0.15) is 4.98 Å². The van der Waals surface area contributed by atoms with E-state index in [4.69, 9.17) is 15.0 Å². The fourth-order valence-corrected chi connectivity index (χ4v) is 2.43. The van der Waals surface area contributed by atoms with Crippen molar-refractivity contribution in [3.05, 3.63) is 29.6 Å². The van der Waals surface area contributed by atoms with Gasteiger partial charge >= 0.3 is 0 Å². The molecule has 5 heteroatoms. The van der Waals surface area contributed by atoms with Gasteiger partial charge in [-0.25, -0.2) is 0 Å². The Morgan fingerprint density at radius 2 is 2.26 bits per heavy atom. The molecule has 0 radical (unpaired) electrons. The minimum absolute atomic E-state index is 0.233. The topological polar surface area (TPSA) is 74.2 Å². The highest BCUT2D eigenvalue weighted by Gasteiger charge is 2.23. The summed E-state index contributed by atoms with van der Waals surface area (Å²) in [4.78, 5) is 4.49. The predicted molar refractivity (Wildman–Crippen MR) is 71.7 cm³/mol. The second kappa shape index (κ2) is 5.01. The van der Waals surface area contributed by atoms with Crippen LogP contribution in [-0.2, 0) is 4.74 Å². The van der Waals surface area contributed by atoms with Crippen LogP contribution in [0, 0.1) is 6.92 Å². The second-order valence-corrected chi connectivity index (χ2v) is 4.91. The summed E-state index contributed by atoms with van der Waals surface area (Å²) in [6.07, 6.45) is 2.09. The lowest BCUT2D eigenvalue weighted by Crippen LogP contribution is -2.16. The van der Waals surface area contributed by atoms with Crippen molar-refractivity contribution in [3.8, 4) is 11.5 Å². The molecule has 0 saturated carbocycles. The first kappa shape index (κ1) is 12.2. The highest BCUT2D eigenvalue weighted by Crippen LogP contribution is 2.30. The number of hydrogen-bond acceptors (Lipinski definition) is 5. The summed E-state index contributed by atoms with van der Waals surface area (Å²) >= 11 is 0. The zero-order chi connectivity index (χ0) is 13.2. The zero-order valence-electron chi connectivity index (χ0n) is 10.9. The van der Waals surface area contributed by atoms with E-state index in [2.05, 4.69) is 10.1 Å². The van der Waals surface area contributed by atoms with E-state index in [-0.39, 0.29) is 5.92 Å². The molecule has 0 bridgehead atoms. The maximum absolute atomic E-state index is 5.99. The fraction of sp³-hybridized carbons (Fsp3) is 0.429. The molecule has 0 spiro atoms. The Hall–Kier alpha value is -1.88. The van der Waals surface area contributed by atoms with Crippen LogP contribution in [0.3, 0.4) is 0 Å². The number of nitrogens with two attached hydrogens (primary N) is 1. The number of aryl methyl sites for hydroxylation is 1. The van der Waals surface area contributed by atoms with E-state index >= 15 is 0 Å². The molecule has 0 amide bonds. The monoisotopic (exact) mass is 259 g/mol. The Morgan fingerprint density at radius 1 is 1.37 bits per heavy atom. The molecule has 1 saturated heterocycles. The number of benzene rings is 1. The van der Waals surface area contributed by atoms with E-state index in [9.17, 15) is 0 Å². The molecule has 0 aliphatic carbocycles. The number of nitrogen functional groups attached to an aromatic ring is 1. The molecule has 5 nitrogen and oxygen atoms in total. The summed E-state index contributed by atoms with van der Waals surface area (Å²) in [6.45, 7) is 3.48. The van der Waals surface area contributed by atoms with Gasteiger partial charge in [-0.05, 0) is 31.4 Å². The number of anilines is 1. The maximum Gasteiger partial charge on any atom is 0.260 e. The average Bonchev–Trinajstić information content (AvgIpc) is 2.89. The van der Waals surface area contributed by atoms with Gasteiger partial charge in [0.25, 0.3) is 5.89 Å². The summed E-state index contributed by atoms with van der Waals surface area (Å²) in [5, 5.41) is 4.08. The van der Waals surface area contributed by atoms with Crippen molar-refractivity contribution in [2.24, 2.45) is 0 Å². The lowest BCUT2D eigenvalue weighted by molar-refractivity contribution is 0.0773. The van der Waals surface area contributed by atoms with Crippen LogP contribution in [-0.4, -0.2) is 23.4 Å². The minimum atomic E-state index is 0.233. The first-order valence-corrected chi connectivity index (χ1v) is 6.52. The van der Waals surface area contributed by atoms with Crippen LogP contribution in [0.25, 0.3) is 11.5 Å². The van der Waals surface area contributed by atoms with Gasteiger partial charge in [-0.15, -0.1) is 0 Å². The minimum Gasteiger partial charge on any atom is -0.398 e. The summed E-state index contributed by atoms with van der Waals surface area (Å²) in [5.41, 5.74) is 8.52. The number of rotatable bonds is 2. The molecule has 3 rings (SSSR count). The van der Waals surface area contributed by atoms with E-state index in [0.717, 1.165) is 36.4 Å². The average molecular weight is 259 g/mol. The number of nitrogens with zero attached hydrogens (tertiary/aromatic N) is 2. The third-order valence-electron chi connectivity index (χ3n) is 3.49. The number of ether oxygens (including phenoxy) is 1. The van der Waals surface area contributed by atoms with Crippen molar-refractivity contribution in [2.75, 3.05) is 18.9 Å². The molecular weight excluding hydrogens is 242 g/mol. The Bertz CT molecular complexity index is 554. The lowest BCUT2D eigenvalue weighted by atomic mass is 10.0. The molecular formula is C14H17N3O2. The Kier molecular flexibility index (Phi) is 3.21. The van der Waals surface area contributed by atoms with Gasteiger partial charge in [0.05, 0.1) is 12.2 Å². The largest absolute Gasteiger partial charge is 0.398 e. The summed E-state index contributed by atoms with van der Waals surface area (Å²) in [6, 6.07) is 5.75. The Balaban J connectivity index is 1.92. The number of aromatic nitrogens is 2. The summed E-state index contributed by atoms with van der Waals surface area (Å²) in [7, 11) is 0. The molecule has 1 aromatic heterocycles. The van der Waals surface area contributed by atoms with Crippen LogP contribution in [0.1, 0.15) is 30.1 Å². The molecule has 2 heterocycles. The molecule has 1 atom stereocenters. The van der Waals surface area contributed by atoms with E-state index in [1.165, 1.54) is 0 Å². The zero-order valence-corrected chi connectivity index (χ0v) is 10.9. The van der Waals surface area contributed by atoms with E-state index in [0.29, 0.717) is 18.2 Å². The van der Waals surface area contributed by atoms with Crippen LogP contribution in [0.5, 0.6) is 0 Å². The standard InChI is InChI=1S/C14H17N3O2/c1-9-4-2-6-11(15)12(9)14-16-13(17-19-14)10-5-3-7-18-8-10/h2,4,6,10H,3,5,7-8,15H2,1H3. The highest BCUT2D eigenvalue weighted by atomic mass is 16.5. The third-order valence-corrected chi connectivity index (χ3v) is 3.49. The second-order valence-electron chi connectivity index (χ2n) is 4.91. The van der Waals surface area contributed by atoms with Gasteiger partial charge in [-0.3, -0.25) is 0 Å². The van der Waals surface area contributed by atoms with Crippen molar-refractivity contribution in [2.45, 2.75) is 25.7 Å². The van der Waals surface area contributed by atoms with Gasteiger partial charge in [0, 0.05) is 18.2 Å². The van der Waals surface area contributed by atoms with E-state index in [1.807, 2.05) is 25.1 Å². The third kappa shape index (κ3) is 2.33. The smallest absolute Gasteiger partial charge is 0.260 e. The first-order valence-electron chi connectivity index (χ1n) is 6.52. The van der Waals surface area contributed by atoms with Gasteiger partial charge in [0.2, 0.25) is 0 Å². The summed E-state index contributed by atoms with van der Waals surface area (Å²) < 4.78 is 10.8. The van der Waals surface area contributed by atoms with Crippen LogP contribution >= 0.6 is 0 Å². The van der Waals surface area contributed by atoms with Crippen LogP contribution in [0.2, 0.25) is 0 Å². The highest BCUT2D eigenvalue weighted by molar-refractivity contribution is 5.73. The molecule has 1 fully saturated rings. The van der Waals surface area contributed by atoms with Crippen molar-refractivity contribution < 1.29 is 9.26 Å². The van der Waals surface area contributed by atoms with Crippen molar-refractivity contribution >= 4 is 5.69 Å². The molecule has 1 aliphatic rings. The number of hydrogen-bond donors (Lipinski definition) is 1. The van der Waals surface area contributed by atoms with Gasteiger partial charge < -0.3 is 15.0 Å². The van der Waals surface area contributed by atoms with E-state index < -0.39 is 0 Å². The van der Waals surface area contributed by atoms with E-state index in [1.54, 1.807) is 0 Å². The lowest BCUT2D eigenvalue weighted by Gasteiger charge is -2.18. The predicted octanol–water partition coefficient (Wildman–Crippen LogP) is 2.52. The molecule has 1 aliphatic heterocycles. The Labute approximate surface area is 111 Å². The molecule has 100 valence electrons. The molecule has 2 N–H and O–H groups in total. The molecule has 19 heavy (non-hydrogen) atoms. The fourth-order valence-electron chi connectivity index (χ4n) is 2.43. The molecule has 1 unspecified atom stereocenters. The molecule has 2 aromatic rings. The van der Waals surface area contributed by atoms with Gasteiger partial charge in [0.1, 0.15) is 0 Å². The van der Waals surface area contributed by atoms with Gasteiger partial charge in [0.15, 0.2) is 5.82 Å². The van der Waals surface area contributed by atoms with Crippen LogP contribution in [0.4, 0.5) is 5.69 Å². The normalized spacial score (nSPS) is 19.5. The van der Waals surface area contributed by atoms with Crippen molar-refractivity contribution in [3.63, 3.8) is 0 Å².